The summed E-state index contributed by atoms with van der Waals surface area (Å²) < 4.78 is 22.0. The predicted molar refractivity (Wildman–Crippen MR) is 105 cm³/mol. The topological polar surface area (TPSA) is 95.1 Å². The maximum absolute atomic E-state index is 14.7. The van der Waals surface area contributed by atoms with Gasteiger partial charge in [-0.3, -0.25) is 0 Å². The Morgan fingerprint density at radius 1 is 1.00 bits per heavy atom. The van der Waals surface area contributed by atoms with E-state index in [9.17, 15) is 24.8 Å². The second kappa shape index (κ2) is 7.85. The van der Waals surface area contributed by atoms with Gasteiger partial charge in [-0.25, -0.2) is 4.39 Å². The Labute approximate surface area is 167 Å². The van der Waals surface area contributed by atoms with E-state index in [1.807, 2.05) is 31.2 Å². The fourth-order valence-corrected chi connectivity index (χ4v) is 3.93. The first kappa shape index (κ1) is 20.0. The van der Waals surface area contributed by atoms with Crippen molar-refractivity contribution in [2.75, 3.05) is 6.61 Å². The molecule has 1 aliphatic heterocycles. The summed E-state index contributed by atoms with van der Waals surface area (Å²) in [4.78, 5) is 0. The number of nitrogens with zero attached hydrogens (tertiary/aromatic N) is 1. The van der Waals surface area contributed by atoms with Gasteiger partial charge in [0.25, 0.3) is 0 Å². The molecule has 2 aromatic carbocycles. The lowest BCUT2D eigenvalue weighted by molar-refractivity contribution is -0.250. The average molecular weight is 401 g/mol. The lowest BCUT2D eigenvalue weighted by atomic mass is 9.98. The zero-order valence-electron chi connectivity index (χ0n) is 15.9. The number of aliphatic hydroxyl groups is 4. The number of halogens is 1. The van der Waals surface area contributed by atoms with Gasteiger partial charge in [0.15, 0.2) is 6.23 Å². The molecule has 1 fully saturated rings. The molecule has 4 N–H and O–H groups in total. The van der Waals surface area contributed by atoms with Gasteiger partial charge in [-0.2, -0.15) is 0 Å². The fourth-order valence-electron chi connectivity index (χ4n) is 3.93. The largest absolute Gasteiger partial charge is 0.394 e. The molecule has 0 spiro atoms. The van der Waals surface area contributed by atoms with Crippen molar-refractivity contribution < 1.29 is 29.6 Å². The van der Waals surface area contributed by atoms with Crippen molar-refractivity contribution in [2.24, 2.45) is 0 Å². The van der Waals surface area contributed by atoms with Crippen LogP contribution in [0.2, 0.25) is 0 Å². The standard InChI is InChI=1S/C22H24FNO5/c1-12-5-7-13(8-6-12)9-14-10-24(16-4-2-3-15(23)18(14)16)22-21(28)20(27)19(26)17(11-25)29-22/h2-8,10,17,19-22,25-28H,9,11H2,1H3/t17-,19-,20+,21-,22-/m1/s1. The van der Waals surface area contributed by atoms with Crippen LogP contribution in [0.5, 0.6) is 0 Å². The SMILES string of the molecule is Cc1ccc(Cc2cn([C@@H]3O[C@H](CO)[C@@H](O)[C@H](O)[C@H]3O)c3cccc(F)c23)cc1. The monoisotopic (exact) mass is 401 g/mol. The first-order valence-corrected chi connectivity index (χ1v) is 9.54. The Kier molecular flexibility index (Phi) is 5.42. The highest BCUT2D eigenvalue weighted by Gasteiger charge is 2.44. The molecular weight excluding hydrogens is 377 g/mol. The molecule has 1 aliphatic rings. The minimum absolute atomic E-state index is 0.395. The minimum Gasteiger partial charge on any atom is -0.394 e. The van der Waals surface area contributed by atoms with E-state index in [0.29, 0.717) is 22.9 Å². The maximum Gasteiger partial charge on any atom is 0.163 e. The lowest BCUT2D eigenvalue weighted by Crippen LogP contribution is -2.56. The number of hydrogen-bond donors (Lipinski definition) is 4. The van der Waals surface area contributed by atoms with E-state index in [4.69, 9.17) is 4.74 Å². The Balaban J connectivity index is 1.79. The van der Waals surface area contributed by atoms with Gasteiger partial charge in [0, 0.05) is 11.6 Å². The van der Waals surface area contributed by atoms with E-state index in [1.165, 1.54) is 6.07 Å². The number of ether oxygens (including phenoxy) is 1. The van der Waals surface area contributed by atoms with Crippen LogP contribution in [0.4, 0.5) is 4.39 Å². The van der Waals surface area contributed by atoms with E-state index < -0.39 is 43.1 Å². The van der Waals surface area contributed by atoms with Gasteiger partial charge < -0.3 is 29.7 Å². The number of aryl methyl sites for hydroxylation is 1. The lowest BCUT2D eigenvalue weighted by Gasteiger charge is -2.40. The van der Waals surface area contributed by atoms with Gasteiger partial charge in [-0.05, 0) is 36.6 Å². The molecular formula is C22H24FNO5. The zero-order chi connectivity index (χ0) is 20.7. The molecule has 29 heavy (non-hydrogen) atoms. The van der Waals surface area contributed by atoms with Crippen LogP contribution in [0.3, 0.4) is 0 Å². The molecule has 1 aromatic heterocycles. The summed E-state index contributed by atoms with van der Waals surface area (Å²) in [6.45, 7) is 1.47. The van der Waals surface area contributed by atoms with E-state index in [-0.39, 0.29) is 0 Å². The van der Waals surface area contributed by atoms with E-state index in [0.717, 1.165) is 11.1 Å². The first-order valence-electron chi connectivity index (χ1n) is 9.54. The van der Waals surface area contributed by atoms with Crippen molar-refractivity contribution in [1.29, 1.82) is 0 Å². The van der Waals surface area contributed by atoms with Crippen LogP contribution < -0.4 is 0 Å². The molecule has 0 aliphatic carbocycles. The van der Waals surface area contributed by atoms with Gasteiger partial charge in [0.05, 0.1) is 12.1 Å². The fraction of sp³-hybridized carbons (Fsp3) is 0.364. The molecule has 0 unspecified atom stereocenters. The van der Waals surface area contributed by atoms with Crippen LogP contribution in [0.1, 0.15) is 22.9 Å². The molecule has 6 nitrogen and oxygen atoms in total. The zero-order valence-corrected chi connectivity index (χ0v) is 15.9. The van der Waals surface area contributed by atoms with E-state index in [2.05, 4.69) is 0 Å². The van der Waals surface area contributed by atoms with Crippen molar-refractivity contribution >= 4 is 10.9 Å². The Morgan fingerprint density at radius 2 is 1.72 bits per heavy atom. The first-order chi connectivity index (χ1) is 13.9. The summed E-state index contributed by atoms with van der Waals surface area (Å²) in [5.74, 6) is -0.395. The van der Waals surface area contributed by atoms with Gasteiger partial charge >= 0.3 is 0 Å². The van der Waals surface area contributed by atoms with Gasteiger partial charge in [0.1, 0.15) is 30.2 Å². The van der Waals surface area contributed by atoms with Crippen LogP contribution in [0, 0.1) is 12.7 Å². The molecule has 1 saturated heterocycles. The number of benzene rings is 2. The quantitative estimate of drug-likeness (QED) is 0.533. The van der Waals surface area contributed by atoms with Crippen molar-refractivity contribution in [3.63, 3.8) is 0 Å². The van der Waals surface area contributed by atoms with Crippen LogP contribution in [-0.4, -0.2) is 56.0 Å². The summed E-state index contributed by atoms with van der Waals surface area (Å²) in [6.07, 6.45) is -4.34. The van der Waals surface area contributed by atoms with Crippen molar-refractivity contribution in [1.82, 2.24) is 4.57 Å². The van der Waals surface area contributed by atoms with Gasteiger partial charge in [-0.15, -0.1) is 0 Å². The van der Waals surface area contributed by atoms with Crippen molar-refractivity contribution in [3.8, 4) is 0 Å². The van der Waals surface area contributed by atoms with Gasteiger partial charge in [0.2, 0.25) is 0 Å². The second-order valence-electron chi connectivity index (χ2n) is 7.58. The summed E-state index contributed by atoms with van der Waals surface area (Å²) >= 11 is 0. The van der Waals surface area contributed by atoms with Crippen LogP contribution in [0.25, 0.3) is 10.9 Å². The number of fused-ring (bicyclic) bond motifs is 1. The third-order valence-corrected chi connectivity index (χ3v) is 5.54. The number of hydrogen-bond acceptors (Lipinski definition) is 5. The second-order valence-corrected chi connectivity index (χ2v) is 7.58. The Hall–Kier alpha value is -2.29. The number of aromatic nitrogens is 1. The van der Waals surface area contributed by atoms with Crippen LogP contribution in [-0.2, 0) is 11.2 Å². The van der Waals surface area contributed by atoms with Crippen molar-refractivity contribution in [2.45, 2.75) is 44.0 Å². The molecule has 4 rings (SSSR count). The molecule has 0 radical (unpaired) electrons. The molecule has 2 heterocycles. The summed E-state index contributed by atoms with van der Waals surface area (Å²) in [6, 6.07) is 12.6. The third kappa shape index (κ3) is 3.56. The van der Waals surface area contributed by atoms with Crippen molar-refractivity contribution in [3.05, 3.63) is 71.2 Å². The normalized spacial score (nSPS) is 27.4. The van der Waals surface area contributed by atoms with Crippen LogP contribution >= 0.6 is 0 Å². The minimum atomic E-state index is -1.50. The van der Waals surface area contributed by atoms with Gasteiger partial charge in [-0.1, -0.05) is 35.9 Å². The predicted octanol–water partition coefficient (Wildman–Crippen LogP) is 1.65. The molecule has 5 atom stereocenters. The highest BCUT2D eigenvalue weighted by atomic mass is 19.1. The molecule has 0 saturated carbocycles. The molecule has 7 heteroatoms. The number of rotatable bonds is 4. The smallest absolute Gasteiger partial charge is 0.163 e. The average Bonchev–Trinajstić information content (AvgIpc) is 3.08. The van der Waals surface area contributed by atoms with E-state index >= 15 is 0 Å². The Bertz CT molecular complexity index is 1000. The van der Waals surface area contributed by atoms with E-state index in [1.54, 1.807) is 22.9 Å². The summed E-state index contributed by atoms with van der Waals surface area (Å²) in [7, 11) is 0. The molecule has 3 aromatic rings. The molecule has 0 bridgehead atoms. The molecule has 0 amide bonds. The maximum atomic E-state index is 14.7. The summed E-state index contributed by atoms with van der Waals surface area (Å²) in [5.41, 5.74) is 3.34. The summed E-state index contributed by atoms with van der Waals surface area (Å²) in [5, 5.41) is 40.6. The van der Waals surface area contributed by atoms with Crippen LogP contribution in [0.15, 0.2) is 48.7 Å². The Morgan fingerprint density at radius 3 is 2.41 bits per heavy atom. The number of aliphatic hydroxyl groups excluding tert-OH is 4. The highest BCUT2D eigenvalue weighted by Crippen LogP contribution is 2.34. The third-order valence-electron chi connectivity index (χ3n) is 5.54. The molecule has 154 valence electrons. The highest BCUT2D eigenvalue weighted by molar-refractivity contribution is 5.85.